The molecule has 2 aromatic heterocycles. The van der Waals surface area contributed by atoms with Gasteiger partial charge < -0.3 is 5.11 Å². The molecule has 3 heterocycles. The molecule has 120 valence electrons. The fraction of sp³-hybridized carbons (Fsp3) is 0.167. The molecule has 3 aromatic rings. The third kappa shape index (κ3) is 2.35. The molecule has 0 saturated carbocycles. The van der Waals surface area contributed by atoms with Crippen molar-refractivity contribution in [1.82, 2.24) is 9.55 Å². The summed E-state index contributed by atoms with van der Waals surface area (Å²) in [5.41, 5.74) is 1.47. The molecule has 1 N–H and O–H groups in total. The Morgan fingerprint density at radius 2 is 2.17 bits per heavy atom. The number of aromatic nitrogens is 2. The molecule has 0 aliphatic carbocycles. The van der Waals surface area contributed by atoms with Crippen LogP contribution in [0.2, 0.25) is 0 Å². The maximum absolute atomic E-state index is 12.7. The number of aryl methyl sites for hydroxylation is 1. The number of nitrogens with zero attached hydrogens (tertiary/aromatic N) is 2. The molecule has 0 atom stereocenters. The van der Waals surface area contributed by atoms with E-state index >= 15 is 0 Å². The SMILES string of the molecule is Cc1ccc(/C=C2/CCn3c2nc2cc(C(=O)O)ccc2c3=O)s1. The van der Waals surface area contributed by atoms with Crippen molar-refractivity contribution in [2.75, 3.05) is 0 Å². The van der Waals surface area contributed by atoms with Crippen molar-refractivity contribution in [2.45, 2.75) is 19.9 Å². The van der Waals surface area contributed by atoms with Crippen LogP contribution in [0.15, 0.2) is 35.1 Å². The van der Waals surface area contributed by atoms with Gasteiger partial charge in [-0.3, -0.25) is 9.36 Å². The van der Waals surface area contributed by atoms with Gasteiger partial charge in [-0.25, -0.2) is 9.78 Å². The molecule has 1 aromatic carbocycles. The van der Waals surface area contributed by atoms with Crippen LogP contribution in [0.25, 0.3) is 22.6 Å². The summed E-state index contributed by atoms with van der Waals surface area (Å²) in [6, 6.07) is 8.57. The van der Waals surface area contributed by atoms with E-state index in [-0.39, 0.29) is 11.1 Å². The number of hydrogen-bond acceptors (Lipinski definition) is 4. The number of benzene rings is 1. The topological polar surface area (TPSA) is 72.2 Å². The van der Waals surface area contributed by atoms with E-state index in [1.54, 1.807) is 22.0 Å². The van der Waals surface area contributed by atoms with Gasteiger partial charge in [-0.05, 0) is 55.3 Å². The molecule has 4 rings (SSSR count). The highest BCUT2D eigenvalue weighted by Crippen LogP contribution is 2.29. The molecule has 24 heavy (non-hydrogen) atoms. The van der Waals surface area contributed by atoms with Crippen LogP contribution in [0.3, 0.4) is 0 Å². The molecule has 1 aliphatic heterocycles. The van der Waals surface area contributed by atoms with Gasteiger partial charge in [-0.15, -0.1) is 11.3 Å². The Labute approximate surface area is 141 Å². The maximum Gasteiger partial charge on any atom is 0.335 e. The van der Waals surface area contributed by atoms with Crippen LogP contribution >= 0.6 is 11.3 Å². The molecular formula is C18H14N2O3S. The lowest BCUT2D eigenvalue weighted by Gasteiger charge is -2.06. The van der Waals surface area contributed by atoms with Crippen molar-refractivity contribution >= 4 is 39.9 Å². The molecule has 0 amide bonds. The molecular weight excluding hydrogens is 324 g/mol. The molecule has 0 bridgehead atoms. The Kier molecular flexibility index (Phi) is 3.35. The first kappa shape index (κ1) is 14.8. The number of thiophene rings is 1. The number of allylic oxidation sites excluding steroid dienone is 1. The van der Waals surface area contributed by atoms with Crippen molar-refractivity contribution in [1.29, 1.82) is 0 Å². The van der Waals surface area contributed by atoms with Crippen LogP contribution in [-0.4, -0.2) is 20.6 Å². The number of carbonyl (C=O) groups is 1. The van der Waals surface area contributed by atoms with Gasteiger partial charge in [0.1, 0.15) is 5.82 Å². The summed E-state index contributed by atoms with van der Waals surface area (Å²) in [4.78, 5) is 30.7. The second kappa shape index (κ2) is 5.42. The van der Waals surface area contributed by atoms with Crippen LogP contribution < -0.4 is 5.56 Å². The summed E-state index contributed by atoms with van der Waals surface area (Å²) in [5.74, 6) is -0.384. The third-order valence-corrected chi connectivity index (χ3v) is 5.12. The minimum atomic E-state index is -1.02. The normalized spacial score (nSPS) is 15.1. The van der Waals surface area contributed by atoms with Gasteiger partial charge in [0.25, 0.3) is 5.56 Å². The number of rotatable bonds is 2. The van der Waals surface area contributed by atoms with E-state index in [0.29, 0.717) is 23.3 Å². The van der Waals surface area contributed by atoms with Gasteiger partial charge in [0, 0.05) is 16.3 Å². The van der Waals surface area contributed by atoms with Crippen molar-refractivity contribution in [2.24, 2.45) is 0 Å². The Morgan fingerprint density at radius 3 is 2.88 bits per heavy atom. The molecule has 0 spiro atoms. The van der Waals surface area contributed by atoms with Crippen LogP contribution in [0.5, 0.6) is 0 Å². The predicted octanol–water partition coefficient (Wildman–Crippen LogP) is 3.41. The highest BCUT2D eigenvalue weighted by molar-refractivity contribution is 7.12. The summed E-state index contributed by atoms with van der Waals surface area (Å²) in [5, 5.41) is 9.59. The molecule has 1 aliphatic rings. The highest BCUT2D eigenvalue weighted by atomic mass is 32.1. The first-order chi connectivity index (χ1) is 11.5. The second-order valence-corrected chi connectivity index (χ2v) is 7.12. The summed E-state index contributed by atoms with van der Waals surface area (Å²) in [6.07, 6.45) is 2.82. The Morgan fingerprint density at radius 1 is 1.33 bits per heavy atom. The van der Waals surface area contributed by atoms with Crippen molar-refractivity contribution in [3.05, 3.63) is 61.8 Å². The van der Waals surface area contributed by atoms with Gasteiger partial charge in [-0.2, -0.15) is 0 Å². The van der Waals surface area contributed by atoms with Crippen molar-refractivity contribution < 1.29 is 9.90 Å². The van der Waals surface area contributed by atoms with Crippen molar-refractivity contribution in [3.63, 3.8) is 0 Å². The molecule has 0 fully saturated rings. The molecule has 6 heteroatoms. The fourth-order valence-electron chi connectivity index (χ4n) is 2.99. The van der Waals surface area contributed by atoms with E-state index in [9.17, 15) is 9.59 Å². The van der Waals surface area contributed by atoms with E-state index < -0.39 is 5.97 Å². The van der Waals surface area contributed by atoms with Gasteiger partial charge in [0.05, 0.1) is 16.5 Å². The van der Waals surface area contributed by atoms with E-state index in [1.807, 2.05) is 0 Å². The zero-order valence-corrected chi connectivity index (χ0v) is 13.8. The van der Waals surface area contributed by atoms with E-state index in [1.165, 1.54) is 17.0 Å². The Balaban J connectivity index is 1.91. The lowest BCUT2D eigenvalue weighted by molar-refractivity contribution is 0.0697. The maximum atomic E-state index is 12.7. The monoisotopic (exact) mass is 338 g/mol. The highest BCUT2D eigenvalue weighted by Gasteiger charge is 2.21. The average Bonchev–Trinajstić information content (AvgIpc) is 3.14. The molecule has 0 saturated heterocycles. The number of fused-ring (bicyclic) bond motifs is 2. The predicted molar refractivity (Wildman–Crippen MR) is 94.5 cm³/mol. The average molecular weight is 338 g/mol. The Hall–Kier alpha value is -2.73. The van der Waals surface area contributed by atoms with Gasteiger partial charge in [-0.1, -0.05) is 0 Å². The van der Waals surface area contributed by atoms with Crippen LogP contribution in [0, 0.1) is 6.92 Å². The minimum Gasteiger partial charge on any atom is -0.478 e. The van der Waals surface area contributed by atoms with Crippen molar-refractivity contribution in [3.8, 4) is 0 Å². The summed E-state index contributed by atoms with van der Waals surface area (Å²) in [6.45, 7) is 2.66. The fourth-order valence-corrected chi connectivity index (χ4v) is 3.84. The number of hydrogen-bond donors (Lipinski definition) is 1. The minimum absolute atomic E-state index is 0.113. The second-order valence-electron chi connectivity index (χ2n) is 5.80. The summed E-state index contributed by atoms with van der Waals surface area (Å²) in [7, 11) is 0. The molecule has 0 unspecified atom stereocenters. The lowest BCUT2D eigenvalue weighted by atomic mass is 10.1. The molecule has 0 radical (unpaired) electrons. The first-order valence-electron chi connectivity index (χ1n) is 7.58. The number of aromatic carboxylic acids is 1. The summed E-state index contributed by atoms with van der Waals surface area (Å²) >= 11 is 1.69. The smallest absolute Gasteiger partial charge is 0.335 e. The Bertz CT molecular complexity index is 1080. The largest absolute Gasteiger partial charge is 0.478 e. The summed E-state index contributed by atoms with van der Waals surface area (Å²) < 4.78 is 1.68. The number of carboxylic acid groups (broad SMARTS) is 1. The van der Waals surface area contributed by atoms with Crippen LogP contribution in [-0.2, 0) is 6.54 Å². The lowest BCUT2D eigenvalue weighted by Crippen LogP contribution is -2.20. The van der Waals surface area contributed by atoms with E-state index in [4.69, 9.17) is 5.11 Å². The van der Waals surface area contributed by atoms with E-state index in [0.717, 1.165) is 16.9 Å². The van der Waals surface area contributed by atoms with Gasteiger partial charge in [0.15, 0.2) is 0 Å². The first-order valence-corrected chi connectivity index (χ1v) is 8.40. The van der Waals surface area contributed by atoms with E-state index in [2.05, 4.69) is 30.1 Å². The van der Waals surface area contributed by atoms with Crippen LogP contribution in [0.4, 0.5) is 0 Å². The quantitative estimate of drug-likeness (QED) is 0.777. The number of carboxylic acids is 1. The third-order valence-electron chi connectivity index (χ3n) is 4.17. The van der Waals surface area contributed by atoms with Gasteiger partial charge in [0.2, 0.25) is 0 Å². The van der Waals surface area contributed by atoms with Gasteiger partial charge >= 0.3 is 5.97 Å². The molecule has 5 nitrogen and oxygen atoms in total. The van der Waals surface area contributed by atoms with Crippen LogP contribution in [0.1, 0.15) is 32.4 Å². The zero-order chi connectivity index (χ0) is 16.8. The zero-order valence-electron chi connectivity index (χ0n) is 12.9. The standard InChI is InChI=1S/C18H14N2O3S/c1-10-2-4-13(24-10)8-11-6-7-20-16(11)19-15-9-12(18(22)23)3-5-14(15)17(20)21/h2-5,8-9H,6-7H2,1H3,(H,22,23)/b11-8-.